The molecule has 0 fully saturated rings. The summed E-state index contributed by atoms with van der Waals surface area (Å²) < 4.78 is 5.18. The van der Waals surface area contributed by atoms with Gasteiger partial charge < -0.3 is 9.84 Å². The molecule has 0 aliphatic carbocycles. The van der Waals surface area contributed by atoms with E-state index < -0.39 is 0 Å². The Labute approximate surface area is 82.3 Å². The third-order valence-corrected chi connectivity index (χ3v) is 2.40. The van der Waals surface area contributed by atoms with Crippen molar-refractivity contribution < 1.29 is 14.6 Å². The van der Waals surface area contributed by atoms with Crippen molar-refractivity contribution in [2.24, 2.45) is 0 Å². The summed E-state index contributed by atoms with van der Waals surface area (Å²) in [4.78, 5) is 11.4. The number of hydrogen-bond acceptors (Lipinski definition) is 3. The molecule has 0 amide bonds. The fraction of sp³-hybridized carbons (Fsp3) is 0.364. The third-order valence-electron chi connectivity index (χ3n) is 2.40. The molecule has 1 heterocycles. The van der Waals surface area contributed by atoms with Gasteiger partial charge in [-0.2, -0.15) is 0 Å². The van der Waals surface area contributed by atoms with Crippen molar-refractivity contribution in [2.75, 3.05) is 0 Å². The SMILES string of the molecule is CCCC1OC(=O)c2ccc(O)cc21. The maximum Gasteiger partial charge on any atom is 0.339 e. The van der Waals surface area contributed by atoms with Crippen LogP contribution in [-0.4, -0.2) is 11.1 Å². The summed E-state index contributed by atoms with van der Waals surface area (Å²) in [6.07, 6.45) is 1.59. The smallest absolute Gasteiger partial charge is 0.339 e. The fourth-order valence-electron chi connectivity index (χ4n) is 1.74. The van der Waals surface area contributed by atoms with Crippen molar-refractivity contribution in [3.8, 4) is 5.75 Å². The number of phenolic OH excluding ortho intramolecular Hbond substituents is 1. The molecule has 3 nitrogen and oxygen atoms in total. The van der Waals surface area contributed by atoms with E-state index in [0.717, 1.165) is 18.4 Å². The van der Waals surface area contributed by atoms with Gasteiger partial charge >= 0.3 is 5.97 Å². The number of ether oxygens (including phenoxy) is 1. The Balaban J connectivity index is 2.40. The van der Waals surface area contributed by atoms with Gasteiger partial charge in [0.15, 0.2) is 0 Å². The van der Waals surface area contributed by atoms with Crippen LogP contribution in [0.1, 0.15) is 41.8 Å². The maximum absolute atomic E-state index is 11.4. The molecule has 1 aliphatic rings. The van der Waals surface area contributed by atoms with Crippen LogP contribution in [0.25, 0.3) is 0 Å². The minimum atomic E-state index is -0.279. The van der Waals surface area contributed by atoms with E-state index in [1.807, 2.05) is 6.92 Å². The van der Waals surface area contributed by atoms with Crippen LogP contribution in [0, 0.1) is 0 Å². The number of rotatable bonds is 2. The summed E-state index contributed by atoms with van der Waals surface area (Å²) >= 11 is 0. The number of phenols is 1. The zero-order valence-electron chi connectivity index (χ0n) is 7.99. The predicted molar refractivity (Wildman–Crippen MR) is 51.2 cm³/mol. The molecule has 1 aromatic rings. The second kappa shape index (κ2) is 3.33. The standard InChI is InChI=1S/C11H12O3/c1-2-3-10-9-6-7(12)4-5-8(9)11(13)14-10/h4-6,10,12H,2-3H2,1H3. The molecule has 0 bridgehead atoms. The van der Waals surface area contributed by atoms with Gasteiger partial charge in [-0.1, -0.05) is 13.3 Å². The third kappa shape index (κ3) is 1.35. The van der Waals surface area contributed by atoms with Crippen molar-refractivity contribution in [1.82, 2.24) is 0 Å². The summed E-state index contributed by atoms with van der Waals surface area (Å²) in [6.45, 7) is 2.04. The van der Waals surface area contributed by atoms with Crippen LogP contribution in [0.2, 0.25) is 0 Å². The molecule has 1 aliphatic heterocycles. The predicted octanol–water partition coefficient (Wildman–Crippen LogP) is 2.40. The number of hydrogen-bond donors (Lipinski definition) is 1. The first kappa shape index (κ1) is 9.06. The van der Waals surface area contributed by atoms with Crippen molar-refractivity contribution in [2.45, 2.75) is 25.9 Å². The van der Waals surface area contributed by atoms with E-state index in [4.69, 9.17) is 4.74 Å². The first-order valence-electron chi connectivity index (χ1n) is 4.76. The molecular weight excluding hydrogens is 180 g/mol. The van der Waals surface area contributed by atoms with E-state index >= 15 is 0 Å². The van der Waals surface area contributed by atoms with Crippen LogP contribution in [0.3, 0.4) is 0 Å². The molecular formula is C11H12O3. The van der Waals surface area contributed by atoms with Crippen LogP contribution in [0.5, 0.6) is 5.75 Å². The molecule has 0 radical (unpaired) electrons. The van der Waals surface area contributed by atoms with Gasteiger partial charge in [-0.25, -0.2) is 4.79 Å². The summed E-state index contributed by atoms with van der Waals surface area (Å²) in [5, 5.41) is 9.30. The summed E-state index contributed by atoms with van der Waals surface area (Å²) in [5.41, 5.74) is 1.40. The highest BCUT2D eigenvalue weighted by Crippen LogP contribution is 2.35. The molecule has 0 saturated carbocycles. The minimum Gasteiger partial charge on any atom is -0.508 e. The Hall–Kier alpha value is -1.51. The van der Waals surface area contributed by atoms with Gasteiger partial charge in [-0.15, -0.1) is 0 Å². The highest BCUT2D eigenvalue weighted by atomic mass is 16.5. The van der Waals surface area contributed by atoms with Gasteiger partial charge in [0.05, 0.1) is 5.56 Å². The average Bonchev–Trinajstić information content (AvgIpc) is 2.44. The number of fused-ring (bicyclic) bond motifs is 1. The Morgan fingerprint density at radius 3 is 3.00 bits per heavy atom. The Morgan fingerprint density at radius 1 is 1.50 bits per heavy atom. The first-order chi connectivity index (χ1) is 6.72. The number of carbonyl (C=O) groups excluding carboxylic acids is 1. The van der Waals surface area contributed by atoms with Crippen LogP contribution < -0.4 is 0 Å². The normalized spacial score (nSPS) is 19.2. The van der Waals surface area contributed by atoms with Crippen molar-refractivity contribution in [3.63, 3.8) is 0 Å². The van der Waals surface area contributed by atoms with Gasteiger partial charge in [-0.3, -0.25) is 0 Å². The molecule has 1 unspecified atom stereocenters. The second-order valence-corrected chi connectivity index (χ2v) is 3.45. The van der Waals surface area contributed by atoms with Crippen molar-refractivity contribution in [3.05, 3.63) is 29.3 Å². The summed E-state index contributed by atoms with van der Waals surface area (Å²) in [5.74, 6) is -0.0957. The van der Waals surface area contributed by atoms with E-state index in [9.17, 15) is 9.90 Å². The van der Waals surface area contributed by atoms with Gasteiger partial charge in [-0.05, 0) is 24.6 Å². The van der Waals surface area contributed by atoms with Gasteiger partial charge in [0.2, 0.25) is 0 Å². The topological polar surface area (TPSA) is 46.5 Å². The number of benzene rings is 1. The Morgan fingerprint density at radius 2 is 2.29 bits per heavy atom. The van der Waals surface area contributed by atoms with Crippen LogP contribution in [0.15, 0.2) is 18.2 Å². The average molecular weight is 192 g/mol. The zero-order valence-corrected chi connectivity index (χ0v) is 7.99. The maximum atomic E-state index is 11.4. The molecule has 74 valence electrons. The monoisotopic (exact) mass is 192 g/mol. The molecule has 1 atom stereocenters. The molecule has 0 spiro atoms. The number of carbonyl (C=O) groups is 1. The second-order valence-electron chi connectivity index (χ2n) is 3.45. The quantitative estimate of drug-likeness (QED) is 0.732. The lowest BCUT2D eigenvalue weighted by Crippen LogP contribution is -1.97. The van der Waals surface area contributed by atoms with E-state index in [2.05, 4.69) is 0 Å². The minimum absolute atomic E-state index is 0.172. The number of aromatic hydroxyl groups is 1. The lowest BCUT2D eigenvalue weighted by molar-refractivity contribution is 0.0367. The van der Waals surface area contributed by atoms with E-state index in [1.54, 1.807) is 12.1 Å². The largest absolute Gasteiger partial charge is 0.508 e. The van der Waals surface area contributed by atoms with Gasteiger partial charge in [0, 0.05) is 5.56 Å². The van der Waals surface area contributed by atoms with E-state index in [0.29, 0.717) is 5.56 Å². The zero-order chi connectivity index (χ0) is 10.1. The first-order valence-corrected chi connectivity index (χ1v) is 4.76. The molecule has 0 aromatic heterocycles. The Bertz CT molecular complexity index is 371. The van der Waals surface area contributed by atoms with Gasteiger partial charge in [0.1, 0.15) is 11.9 Å². The van der Waals surface area contributed by atoms with E-state index in [1.165, 1.54) is 6.07 Å². The number of cyclic esters (lactones) is 1. The highest BCUT2D eigenvalue weighted by molar-refractivity contribution is 5.94. The molecule has 14 heavy (non-hydrogen) atoms. The Kier molecular flexibility index (Phi) is 2.15. The lowest BCUT2D eigenvalue weighted by atomic mass is 10.0. The van der Waals surface area contributed by atoms with E-state index in [-0.39, 0.29) is 17.8 Å². The van der Waals surface area contributed by atoms with Crippen molar-refractivity contribution in [1.29, 1.82) is 0 Å². The summed E-state index contributed by atoms with van der Waals surface area (Å²) in [7, 11) is 0. The number of esters is 1. The molecule has 1 aromatic carbocycles. The van der Waals surface area contributed by atoms with Crippen molar-refractivity contribution >= 4 is 5.97 Å². The summed E-state index contributed by atoms with van der Waals surface area (Å²) in [6, 6.07) is 4.73. The van der Waals surface area contributed by atoms with Crippen LogP contribution >= 0.6 is 0 Å². The molecule has 0 saturated heterocycles. The highest BCUT2D eigenvalue weighted by Gasteiger charge is 2.30. The molecule has 3 heteroatoms. The molecule has 1 N–H and O–H groups in total. The lowest BCUT2D eigenvalue weighted by Gasteiger charge is -2.08. The van der Waals surface area contributed by atoms with Crippen LogP contribution in [0.4, 0.5) is 0 Å². The molecule has 2 rings (SSSR count). The fourth-order valence-corrected chi connectivity index (χ4v) is 1.74. The van der Waals surface area contributed by atoms with Gasteiger partial charge in [0.25, 0.3) is 0 Å². The van der Waals surface area contributed by atoms with Crippen LogP contribution in [-0.2, 0) is 4.74 Å².